The molecular weight excluding hydrogens is 705 g/mol. The Labute approximate surface area is 287 Å². The van der Waals surface area contributed by atoms with Gasteiger partial charge in [-0.15, -0.1) is 0 Å². The Morgan fingerprint density at radius 3 is 2.31 bits per heavy atom. The van der Waals surface area contributed by atoms with Crippen LogP contribution in [0.2, 0.25) is 0 Å². The zero-order valence-electron chi connectivity index (χ0n) is 26.6. The van der Waals surface area contributed by atoms with E-state index in [1.165, 1.54) is 61.7 Å². The number of benzene rings is 3. The number of sulfone groups is 1. The van der Waals surface area contributed by atoms with E-state index in [0.717, 1.165) is 49.7 Å². The maximum Gasteiger partial charge on any atom is 0.412 e. The average Bonchev–Trinajstić information content (AvgIpc) is 3.06. The van der Waals surface area contributed by atoms with E-state index >= 15 is 0 Å². The molecule has 1 atom stereocenters. The van der Waals surface area contributed by atoms with Crippen LogP contribution < -0.4 is 5.32 Å². The van der Waals surface area contributed by atoms with Crippen LogP contribution in [-0.4, -0.2) is 73.8 Å². The van der Waals surface area contributed by atoms with E-state index in [0.29, 0.717) is 28.4 Å². The van der Waals surface area contributed by atoms with Gasteiger partial charge in [-0.2, -0.15) is 13.2 Å². The summed E-state index contributed by atoms with van der Waals surface area (Å²) in [5, 5.41) is 2.46. The molecule has 6 rings (SSSR count). The second kappa shape index (κ2) is 14.3. The molecule has 2 aliphatic rings. The minimum absolute atomic E-state index is 0.0104. The van der Waals surface area contributed by atoms with Gasteiger partial charge in [0.25, 0.3) is 5.91 Å². The van der Waals surface area contributed by atoms with Gasteiger partial charge in [0, 0.05) is 39.8 Å². The Hall–Kier alpha value is -3.32. The minimum Gasteiger partial charge on any atom is -0.337 e. The van der Waals surface area contributed by atoms with Gasteiger partial charge in [-0.05, 0) is 87.8 Å². The van der Waals surface area contributed by atoms with Gasteiger partial charge >= 0.3 is 6.18 Å². The Kier molecular flexibility index (Phi) is 10.3. The summed E-state index contributed by atoms with van der Waals surface area (Å²) >= 11 is 3.52. The molecular formula is C36H38BrF3N4O3S. The van der Waals surface area contributed by atoms with Crippen molar-refractivity contribution in [2.24, 2.45) is 0 Å². The van der Waals surface area contributed by atoms with Crippen molar-refractivity contribution in [3.8, 4) is 11.3 Å². The smallest absolute Gasteiger partial charge is 0.337 e. The molecule has 254 valence electrons. The zero-order chi connectivity index (χ0) is 34.1. The lowest BCUT2D eigenvalue weighted by atomic mass is 9.93. The van der Waals surface area contributed by atoms with Gasteiger partial charge in [0.15, 0.2) is 15.9 Å². The van der Waals surface area contributed by atoms with Gasteiger partial charge in [-0.25, -0.2) is 13.4 Å². The fourth-order valence-corrected chi connectivity index (χ4v) is 8.00. The van der Waals surface area contributed by atoms with Gasteiger partial charge in [-0.1, -0.05) is 64.8 Å². The number of hydrogen-bond acceptors (Lipinski definition) is 6. The molecule has 0 unspecified atom stereocenters. The first-order chi connectivity index (χ1) is 22.9. The number of amides is 1. The summed E-state index contributed by atoms with van der Waals surface area (Å²) in [5.41, 5.74) is 1.78. The maximum atomic E-state index is 14.5. The molecule has 48 heavy (non-hydrogen) atoms. The molecule has 1 amide bonds. The summed E-state index contributed by atoms with van der Waals surface area (Å²) in [6.45, 7) is 3.95. The van der Waals surface area contributed by atoms with Gasteiger partial charge in [-0.3, -0.25) is 9.69 Å². The molecule has 0 radical (unpaired) electrons. The highest BCUT2D eigenvalue weighted by Crippen LogP contribution is 2.37. The van der Waals surface area contributed by atoms with Crippen molar-refractivity contribution >= 4 is 42.6 Å². The number of rotatable bonds is 8. The summed E-state index contributed by atoms with van der Waals surface area (Å²) in [4.78, 5) is 24.1. The summed E-state index contributed by atoms with van der Waals surface area (Å²) in [5.74, 6) is -0.950. The standard InChI is InChI=1S/C36H38BrF3N4O3S/c1-48(46,47)28-13-14-31-29(22-28)32(35(45)42-34(36(38,39)40)24-9-4-2-5-10-24)30(33(41-31)25-11-8-12-26(37)21-25)23-43-19-15-27(16-20-43)44-17-6-3-7-18-44/h2,4-5,8-14,21-22,27,34H,3,6-7,15-20,23H2,1H3,(H,42,45)/t34-/m1/s1. The molecule has 2 fully saturated rings. The van der Waals surface area contributed by atoms with Crippen LogP contribution in [0.15, 0.2) is 82.2 Å². The number of nitrogens with one attached hydrogen (secondary N) is 1. The Morgan fingerprint density at radius 1 is 0.958 bits per heavy atom. The zero-order valence-corrected chi connectivity index (χ0v) is 29.0. The molecule has 1 N–H and O–H groups in total. The second-order valence-corrected chi connectivity index (χ2v) is 15.7. The van der Waals surface area contributed by atoms with Crippen LogP contribution in [0.5, 0.6) is 0 Å². The molecule has 7 nitrogen and oxygen atoms in total. The number of hydrogen-bond donors (Lipinski definition) is 1. The van der Waals surface area contributed by atoms with Crippen molar-refractivity contribution < 1.29 is 26.4 Å². The molecule has 2 aliphatic heterocycles. The van der Waals surface area contributed by atoms with Crippen molar-refractivity contribution in [1.82, 2.24) is 20.1 Å². The van der Waals surface area contributed by atoms with Crippen molar-refractivity contribution in [3.05, 3.63) is 94.0 Å². The van der Waals surface area contributed by atoms with Gasteiger partial charge in [0.2, 0.25) is 0 Å². The number of pyridine rings is 1. The highest BCUT2D eigenvalue weighted by molar-refractivity contribution is 9.10. The topological polar surface area (TPSA) is 82.6 Å². The predicted octanol–water partition coefficient (Wildman–Crippen LogP) is 7.55. The molecule has 0 saturated carbocycles. The Balaban J connectivity index is 1.49. The Morgan fingerprint density at radius 2 is 1.67 bits per heavy atom. The van der Waals surface area contributed by atoms with E-state index in [2.05, 4.69) is 31.0 Å². The summed E-state index contributed by atoms with van der Waals surface area (Å²) in [6.07, 6.45) is 1.81. The third kappa shape index (κ3) is 7.77. The molecule has 2 saturated heterocycles. The molecule has 0 aliphatic carbocycles. The summed E-state index contributed by atoms with van der Waals surface area (Å²) < 4.78 is 69.7. The van der Waals surface area contributed by atoms with Crippen LogP contribution >= 0.6 is 15.9 Å². The van der Waals surface area contributed by atoms with Crippen molar-refractivity contribution in [2.75, 3.05) is 32.4 Å². The quantitative estimate of drug-likeness (QED) is 0.201. The average molecular weight is 744 g/mol. The number of aromatic nitrogens is 1. The fourth-order valence-electron chi connectivity index (χ4n) is 6.95. The van der Waals surface area contributed by atoms with Crippen molar-refractivity contribution in [1.29, 1.82) is 0 Å². The molecule has 4 aromatic rings. The minimum atomic E-state index is -4.79. The monoisotopic (exact) mass is 742 g/mol. The molecule has 3 aromatic carbocycles. The SMILES string of the molecule is CS(=O)(=O)c1ccc2nc(-c3cccc(Br)c3)c(CN3CCC(N4CCCCC4)CC3)c(C(=O)N[C@H](c3ccccc3)C(F)(F)F)c2c1. The van der Waals surface area contributed by atoms with Gasteiger partial charge < -0.3 is 10.2 Å². The van der Waals surface area contributed by atoms with Gasteiger partial charge in [0.1, 0.15) is 0 Å². The molecule has 12 heteroatoms. The number of carbonyl (C=O) groups is 1. The van der Waals surface area contributed by atoms with E-state index in [-0.39, 0.29) is 28.0 Å². The van der Waals surface area contributed by atoms with Crippen molar-refractivity contribution in [2.45, 2.75) is 61.8 Å². The number of carbonyl (C=O) groups excluding carboxylic acids is 1. The van der Waals surface area contributed by atoms with E-state index in [1.54, 1.807) is 6.07 Å². The first kappa shape index (κ1) is 34.5. The van der Waals surface area contributed by atoms with Crippen LogP contribution in [-0.2, 0) is 16.4 Å². The summed E-state index contributed by atoms with van der Waals surface area (Å²) in [7, 11) is -3.71. The van der Waals surface area contributed by atoms with Crippen LogP contribution in [0.4, 0.5) is 13.2 Å². The number of piperidine rings is 2. The van der Waals surface area contributed by atoms with Crippen LogP contribution in [0, 0.1) is 0 Å². The lowest BCUT2D eigenvalue weighted by Gasteiger charge is -2.40. The van der Waals surface area contributed by atoms with Crippen LogP contribution in [0.3, 0.4) is 0 Å². The molecule has 3 heterocycles. The van der Waals surface area contributed by atoms with Gasteiger partial charge in [0.05, 0.1) is 21.7 Å². The van der Waals surface area contributed by atoms with Crippen molar-refractivity contribution in [3.63, 3.8) is 0 Å². The number of nitrogens with zero attached hydrogens (tertiary/aromatic N) is 3. The van der Waals surface area contributed by atoms with E-state index in [1.807, 2.05) is 24.3 Å². The van der Waals surface area contributed by atoms with Crippen LogP contribution in [0.25, 0.3) is 22.2 Å². The largest absolute Gasteiger partial charge is 0.412 e. The van der Waals surface area contributed by atoms with E-state index in [9.17, 15) is 26.4 Å². The first-order valence-electron chi connectivity index (χ1n) is 16.2. The number of likely N-dealkylation sites (tertiary alicyclic amines) is 2. The van der Waals surface area contributed by atoms with E-state index in [4.69, 9.17) is 4.98 Å². The summed E-state index contributed by atoms with van der Waals surface area (Å²) in [6, 6.07) is 17.1. The normalized spacial score (nSPS) is 17.8. The molecule has 0 spiro atoms. The number of alkyl halides is 3. The molecule has 1 aromatic heterocycles. The lowest BCUT2D eigenvalue weighted by Crippen LogP contribution is -2.46. The third-order valence-electron chi connectivity index (χ3n) is 9.39. The lowest BCUT2D eigenvalue weighted by molar-refractivity contribution is -0.155. The van der Waals surface area contributed by atoms with E-state index < -0.39 is 28.0 Å². The third-order valence-corrected chi connectivity index (χ3v) is 11.0. The first-order valence-corrected chi connectivity index (χ1v) is 18.9. The molecule has 0 bridgehead atoms. The number of fused-ring (bicyclic) bond motifs is 1. The second-order valence-electron chi connectivity index (χ2n) is 12.7. The maximum absolute atomic E-state index is 14.5. The Bertz CT molecular complexity index is 1890. The highest BCUT2D eigenvalue weighted by atomic mass is 79.9. The number of halogens is 4. The predicted molar refractivity (Wildman–Crippen MR) is 184 cm³/mol. The van der Waals surface area contributed by atoms with Crippen LogP contribution in [0.1, 0.15) is 59.6 Å². The highest BCUT2D eigenvalue weighted by Gasteiger charge is 2.42. The fraction of sp³-hybridized carbons (Fsp3) is 0.389.